The van der Waals surface area contributed by atoms with Crippen molar-refractivity contribution in [3.05, 3.63) is 34.1 Å². The van der Waals surface area contributed by atoms with Crippen LogP contribution in [0.3, 0.4) is 0 Å². The first kappa shape index (κ1) is 14.0. The number of hydrogen-bond acceptors (Lipinski definition) is 4. The maximum absolute atomic E-state index is 11.4. The van der Waals surface area contributed by atoms with Gasteiger partial charge in [-0.15, -0.1) is 0 Å². The predicted octanol–water partition coefficient (Wildman–Crippen LogP) is 2.36. The van der Waals surface area contributed by atoms with E-state index < -0.39 is 4.92 Å². The number of nitrogens with zero attached hydrogens (tertiary/aromatic N) is 1. The first-order valence-corrected chi connectivity index (χ1v) is 5.48. The third kappa shape index (κ3) is 4.82. The minimum atomic E-state index is -0.628. The first-order valence-electron chi connectivity index (χ1n) is 5.48. The molecule has 1 aromatic rings. The third-order valence-corrected chi connectivity index (χ3v) is 1.98. The number of carbonyl (C=O) groups excluding carboxylic acids is 1. The van der Waals surface area contributed by atoms with Gasteiger partial charge < -0.3 is 9.73 Å². The summed E-state index contributed by atoms with van der Waals surface area (Å²) in [5, 5.41) is 13.1. The minimum Gasteiger partial charge on any atom is -0.401 e. The molecular formula is C12H16N2O4. The zero-order valence-corrected chi connectivity index (χ0v) is 10.6. The summed E-state index contributed by atoms with van der Waals surface area (Å²) in [5.41, 5.74) is 0.00691. The van der Waals surface area contributed by atoms with Gasteiger partial charge in [0, 0.05) is 12.6 Å². The van der Waals surface area contributed by atoms with Crippen LogP contribution in [0.2, 0.25) is 0 Å². The monoisotopic (exact) mass is 252 g/mol. The number of rotatable bonds is 4. The van der Waals surface area contributed by atoms with E-state index in [1.165, 1.54) is 24.3 Å². The average molecular weight is 252 g/mol. The van der Waals surface area contributed by atoms with Crippen LogP contribution in [0.1, 0.15) is 26.5 Å². The van der Waals surface area contributed by atoms with Crippen LogP contribution in [-0.4, -0.2) is 17.4 Å². The molecule has 98 valence electrons. The Kier molecular flexibility index (Phi) is 4.25. The van der Waals surface area contributed by atoms with Crippen molar-refractivity contribution < 1.29 is 14.1 Å². The lowest BCUT2D eigenvalue weighted by Gasteiger charge is -2.17. The van der Waals surface area contributed by atoms with E-state index in [1.807, 2.05) is 20.8 Å². The molecule has 0 aliphatic carbocycles. The van der Waals surface area contributed by atoms with Crippen molar-refractivity contribution in [2.24, 2.45) is 5.41 Å². The Bertz CT molecular complexity index is 469. The van der Waals surface area contributed by atoms with E-state index in [2.05, 4.69) is 5.32 Å². The molecule has 1 heterocycles. The molecule has 0 saturated heterocycles. The summed E-state index contributed by atoms with van der Waals surface area (Å²) in [6.45, 7) is 6.57. The van der Waals surface area contributed by atoms with E-state index in [9.17, 15) is 14.9 Å². The van der Waals surface area contributed by atoms with Crippen molar-refractivity contribution in [3.8, 4) is 0 Å². The van der Waals surface area contributed by atoms with Crippen molar-refractivity contribution in [3.63, 3.8) is 0 Å². The minimum absolute atomic E-state index is 0.00691. The Morgan fingerprint density at radius 1 is 1.50 bits per heavy atom. The van der Waals surface area contributed by atoms with Gasteiger partial charge in [-0.1, -0.05) is 20.8 Å². The fourth-order valence-electron chi connectivity index (χ4n) is 1.10. The van der Waals surface area contributed by atoms with E-state index in [4.69, 9.17) is 4.42 Å². The number of carbonyl (C=O) groups is 1. The SMILES string of the molecule is CC(C)(C)CNC(=O)/C=C\c1ccc([N+](=O)[O-])o1. The molecule has 0 aliphatic heterocycles. The van der Waals surface area contributed by atoms with E-state index in [0.717, 1.165) is 0 Å². The Labute approximate surface area is 105 Å². The second-order valence-corrected chi connectivity index (χ2v) is 5.04. The number of furan rings is 1. The van der Waals surface area contributed by atoms with E-state index >= 15 is 0 Å². The average Bonchev–Trinajstić information content (AvgIpc) is 2.71. The van der Waals surface area contributed by atoms with E-state index in [-0.39, 0.29) is 23.0 Å². The molecular weight excluding hydrogens is 236 g/mol. The van der Waals surface area contributed by atoms with Crippen LogP contribution in [0.25, 0.3) is 6.08 Å². The lowest BCUT2D eigenvalue weighted by molar-refractivity contribution is -0.402. The van der Waals surface area contributed by atoms with Gasteiger partial charge in [-0.2, -0.15) is 0 Å². The van der Waals surface area contributed by atoms with Crippen LogP contribution in [0, 0.1) is 15.5 Å². The van der Waals surface area contributed by atoms with Gasteiger partial charge >= 0.3 is 5.88 Å². The molecule has 0 atom stereocenters. The second kappa shape index (κ2) is 5.48. The van der Waals surface area contributed by atoms with Crippen molar-refractivity contribution in [2.45, 2.75) is 20.8 Å². The van der Waals surface area contributed by atoms with Gasteiger partial charge in [-0.25, -0.2) is 0 Å². The molecule has 18 heavy (non-hydrogen) atoms. The van der Waals surface area contributed by atoms with Crippen LogP contribution in [0.4, 0.5) is 5.88 Å². The number of amides is 1. The Morgan fingerprint density at radius 2 is 2.17 bits per heavy atom. The molecule has 1 amide bonds. The highest BCUT2D eigenvalue weighted by Crippen LogP contribution is 2.16. The summed E-state index contributed by atoms with van der Waals surface area (Å²) >= 11 is 0. The van der Waals surface area contributed by atoms with Gasteiger partial charge in [0.25, 0.3) is 0 Å². The number of nitrogens with one attached hydrogen (secondary N) is 1. The summed E-state index contributed by atoms with van der Waals surface area (Å²) in [7, 11) is 0. The Hall–Kier alpha value is -2.11. The van der Waals surface area contributed by atoms with Crippen LogP contribution in [-0.2, 0) is 4.79 Å². The molecule has 0 aliphatic rings. The van der Waals surface area contributed by atoms with Gasteiger partial charge in [0.15, 0.2) is 0 Å². The smallest absolute Gasteiger partial charge is 0.401 e. The summed E-state index contributed by atoms with van der Waals surface area (Å²) in [5.74, 6) is -0.332. The van der Waals surface area contributed by atoms with E-state index in [1.54, 1.807) is 0 Å². The van der Waals surface area contributed by atoms with Gasteiger partial charge in [0.1, 0.15) is 10.7 Å². The largest absolute Gasteiger partial charge is 0.433 e. The summed E-state index contributed by atoms with van der Waals surface area (Å²) in [6, 6.07) is 2.68. The molecule has 0 fully saturated rings. The van der Waals surface area contributed by atoms with Gasteiger partial charge in [-0.05, 0) is 17.6 Å². The lowest BCUT2D eigenvalue weighted by atomic mass is 9.97. The van der Waals surface area contributed by atoms with Gasteiger partial charge in [0.05, 0.1) is 6.07 Å². The first-order chi connectivity index (χ1) is 8.28. The molecule has 1 rings (SSSR count). The molecule has 0 radical (unpaired) electrons. The maximum atomic E-state index is 11.4. The fraction of sp³-hybridized carbons (Fsp3) is 0.417. The third-order valence-electron chi connectivity index (χ3n) is 1.98. The second-order valence-electron chi connectivity index (χ2n) is 5.04. The van der Waals surface area contributed by atoms with Crippen LogP contribution in [0.5, 0.6) is 0 Å². The van der Waals surface area contributed by atoms with Crippen molar-refractivity contribution in [1.82, 2.24) is 5.32 Å². The molecule has 0 unspecified atom stereocenters. The topological polar surface area (TPSA) is 85.4 Å². The quantitative estimate of drug-likeness (QED) is 0.506. The number of hydrogen-bond donors (Lipinski definition) is 1. The van der Waals surface area contributed by atoms with Crippen LogP contribution >= 0.6 is 0 Å². The van der Waals surface area contributed by atoms with Crippen molar-refractivity contribution in [2.75, 3.05) is 6.54 Å². The highest BCUT2D eigenvalue weighted by Gasteiger charge is 2.11. The summed E-state index contributed by atoms with van der Waals surface area (Å²) in [6.07, 6.45) is 2.68. The zero-order valence-electron chi connectivity index (χ0n) is 10.6. The molecule has 0 bridgehead atoms. The molecule has 6 nitrogen and oxygen atoms in total. The Morgan fingerprint density at radius 3 is 2.67 bits per heavy atom. The highest BCUT2D eigenvalue weighted by atomic mass is 16.6. The number of nitro groups is 1. The Balaban J connectivity index is 2.53. The molecule has 0 saturated carbocycles. The molecule has 6 heteroatoms. The summed E-state index contributed by atoms with van der Waals surface area (Å²) < 4.78 is 4.88. The maximum Gasteiger partial charge on any atom is 0.433 e. The van der Waals surface area contributed by atoms with Crippen molar-refractivity contribution in [1.29, 1.82) is 0 Å². The molecule has 0 aromatic carbocycles. The molecule has 0 spiro atoms. The van der Waals surface area contributed by atoms with Gasteiger partial charge in [-0.3, -0.25) is 14.9 Å². The van der Waals surface area contributed by atoms with E-state index in [0.29, 0.717) is 6.54 Å². The normalized spacial score (nSPS) is 11.7. The standard InChI is InChI=1S/C12H16N2O4/c1-12(2,3)8-13-10(15)6-4-9-5-7-11(18-9)14(16)17/h4-7H,8H2,1-3H3,(H,13,15)/b6-4-. The zero-order chi connectivity index (χ0) is 13.8. The highest BCUT2D eigenvalue weighted by molar-refractivity contribution is 5.91. The van der Waals surface area contributed by atoms with Crippen LogP contribution < -0.4 is 5.32 Å². The fourth-order valence-corrected chi connectivity index (χ4v) is 1.10. The molecule has 1 N–H and O–H groups in total. The van der Waals surface area contributed by atoms with Crippen LogP contribution in [0.15, 0.2) is 22.6 Å². The predicted molar refractivity (Wildman–Crippen MR) is 66.9 cm³/mol. The van der Waals surface area contributed by atoms with Gasteiger partial charge in [0.2, 0.25) is 5.91 Å². The summed E-state index contributed by atoms with van der Waals surface area (Å²) in [4.78, 5) is 21.2. The van der Waals surface area contributed by atoms with Crippen molar-refractivity contribution >= 4 is 17.9 Å². The molecule has 1 aromatic heterocycles. The lowest BCUT2D eigenvalue weighted by Crippen LogP contribution is -2.30.